The number of nitrogens with zero attached hydrogens (tertiary/aromatic N) is 4. The molecule has 1 unspecified atom stereocenters. The summed E-state index contributed by atoms with van der Waals surface area (Å²) in [4.78, 5) is 13.6. The zero-order valence-corrected chi connectivity index (χ0v) is 12.3. The van der Waals surface area contributed by atoms with Gasteiger partial charge >= 0.3 is 0 Å². The van der Waals surface area contributed by atoms with E-state index in [0.29, 0.717) is 6.54 Å². The van der Waals surface area contributed by atoms with E-state index in [-0.39, 0.29) is 0 Å². The van der Waals surface area contributed by atoms with Gasteiger partial charge in [-0.1, -0.05) is 6.92 Å². The van der Waals surface area contributed by atoms with Gasteiger partial charge in [0.05, 0.1) is 5.60 Å². The third kappa shape index (κ3) is 2.73. The van der Waals surface area contributed by atoms with Crippen molar-refractivity contribution in [1.29, 1.82) is 0 Å². The lowest BCUT2D eigenvalue weighted by molar-refractivity contribution is 0.0593. The van der Waals surface area contributed by atoms with E-state index in [1.807, 2.05) is 19.2 Å². The third-order valence-corrected chi connectivity index (χ3v) is 4.58. The molecular weight excluding hydrogens is 252 g/mol. The number of β-amino-alcohol motifs (C(OH)–C–C–N with tert-alkyl or cyclic N) is 1. The van der Waals surface area contributed by atoms with Gasteiger partial charge in [-0.15, -0.1) is 0 Å². The lowest BCUT2D eigenvalue weighted by atomic mass is 10.0. The fourth-order valence-electron chi connectivity index (χ4n) is 3.10. The average molecular weight is 276 g/mol. The molecule has 0 amide bonds. The molecule has 1 atom stereocenters. The van der Waals surface area contributed by atoms with Crippen molar-refractivity contribution in [2.75, 3.05) is 36.0 Å². The van der Waals surface area contributed by atoms with Crippen LogP contribution >= 0.6 is 0 Å². The molecule has 0 radical (unpaired) electrons. The monoisotopic (exact) mass is 276 g/mol. The second kappa shape index (κ2) is 5.56. The first-order valence-corrected chi connectivity index (χ1v) is 7.75. The number of piperidine rings is 1. The number of anilines is 2. The van der Waals surface area contributed by atoms with E-state index in [1.54, 1.807) is 0 Å². The molecule has 5 heteroatoms. The van der Waals surface area contributed by atoms with Gasteiger partial charge in [-0.3, -0.25) is 0 Å². The summed E-state index contributed by atoms with van der Waals surface area (Å²) in [7, 11) is 0. The summed E-state index contributed by atoms with van der Waals surface area (Å²) >= 11 is 0. The van der Waals surface area contributed by atoms with Crippen molar-refractivity contribution in [3.63, 3.8) is 0 Å². The van der Waals surface area contributed by atoms with Gasteiger partial charge in [-0.25, -0.2) is 4.98 Å². The van der Waals surface area contributed by atoms with E-state index in [4.69, 9.17) is 4.98 Å². The maximum atomic E-state index is 10.4. The van der Waals surface area contributed by atoms with Crippen LogP contribution in [-0.4, -0.2) is 46.9 Å². The van der Waals surface area contributed by atoms with Gasteiger partial charge in [0.2, 0.25) is 5.95 Å². The van der Waals surface area contributed by atoms with Gasteiger partial charge < -0.3 is 14.9 Å². The third-order valence-electron chi connectivity index (χ3n) is 4.58. The Hall–Kier alpha value is -1.36. The van der Waals surface area contributed by atoms with Crippen LogP contribution in [0.4, 0.5) is 11.8 Å². The Labute approximate surface area is 120 Å². The summed E-state index contributed by atoms with van der Waals surface area (Å²) in [6.07, 6.45) is 7.24. The fourth-order valence-corrected chi connectivity index (χ4v) is 3.10. The zero-order valence-electron chi connectivity index (χ0n) is 12.3. The Balaban J connectivity index is 1.74. The smallest absolute Gasteiger partial charge is 0.227 e. The Bertz CT molecular complexity index is 461. The maximum Gasteiger partial charge on any atom is 0.227 e. The highest BCUT2D eigenvalue weighted by Gasteiger charge is 2.35. The first-order chi connectivity index (χ1) is 9.70. The molecule has 0 aliphatic carbocycles. The molecule has 2 saturated heterocycles. The molecule has 110 valence electrons. The van der Waals surface area contributed by atoms with E-state index < -0.39 is 5.60 Å². The molecule has 2 aliphatic rings. The van der Waals surface area contributed by atoms with Gasteiger partial charge in [-0.05, 0) is 38.2 Å². The second-order valence-corrected chi connectivity index (χ2v) is 6.01. The first-order valence-electron chi connectivity index (χ1n) is 7.75. The van der Waals surface area contributed by atoms with Gasteiger partial charge in [0, 0.05) is 32.4 Å². The highest BCUT2D eigenvalue weighted by molar-refractivity contribution is 5.45. The molecule has 0 bridgehead atoms. The minimum absolute atomic E-state index is 0.545. The van der Waals surface area contributed by atoms with E-state index in [1.165, 1.54) is 19.3 Å². The van der Waals surface area contributed by atoms with Crippen molar-refractivity contribution < 1.29 is 5.11 Å². The number of hydrogen-bond acceptors (Lipinski definition) is 5. The molecule has 2 aliphatic heterocycles. The Morgan fingerprint density at radius 2 is 2.00 bits per heavy atom. The van der Waals surface area contributed by atoms with Crippen LogP contribution in [0.5, 0.6) is 0 Å². The summed E-state index contributed by atoms with van der Waals surface area (Å²) in [5, 5.41) is 10.4. The Morgan fingerprint density at radius 1 is 1.20 bits per heavy atom. The molecule has 1 N–H and O–H groups in total. The maximum absolute atomic E-state index is 10.4. The minimum atomic E-state index is -0.545. The van der Waals surface area contributed by atoms with E-state index in [9.17, 15) is 5.11 Å². The predicted octanol–water partition coefficient (Wildman–Crippen LogP) is 1.82. The molecule has 3 heterocycles. The zero-order chi connectivity index (χ0) is 14.0. The van der Waals surface area contributed by atoms with E-state index in [2.05, 4.69) is 14.8 Å². The predicted molar refractivity (Wildman–Crippen MR) is 80.2 cm³/mol. The van der Waals surface area contributed by atoms with Crippen molar-refractivity contribution >= 4 is 11.8 Å². The largest absolute Gasteiger partial charge is 0.388 e. The molecule has 1 aromatic rings. The van der Waals surface area contributed by atoms with Crippen LogP contribution in [0.25, 0.3) is 0 Å². The summed E-state index contributed by atoms with van der Waals surface area (Å²) in [5.74, 6) is 1.79. The molecule has 1 aromatic heterocycles. The fraction of sp³-hybridized carbons (Fsp3) is 0.733. The van der Waals surface area contributed by atoms with Crippen molar-refractivity contribution in [2.45, 2.75) is 44.6 Å². The lowest BCUT2D eigenvalue weighted by Gasteiger charge is -2.28. The Kier molecular flexibility index (Phi) is 3.78. The molecule has 2 fully saturated rings. The topological polar surface area (TPSA) is 52.5 Å². The van der Waals surface area contributed by atoms with E-state index in [0.717, 1.165) is 44.2 Å². The SMILES string of the molecule is CCC1(O)CCN(c2ccnc(N3CCCCC3)n2)C1. The van der Waals surface area contributed by atoms with Crippen molar-refractivity contribution in [1.82, 2.24) is 9.97 Å². The van der Waals surface area contributed by atoms with Gasteiger partial charge in [0.25, 0.3) is 0 Å². The van der Waals surface area contributed by atoms with Crippen molar-refractivity contribution in [3.05, 3.63) is 12.3 Å². The highest BCUT2D eigenvalue weighted by atomic mass is 16.3. The molecule has 5 nitrogen and oxygen atoms in total. The quantitative estimate of drug-likeness (QED) is 0.912. The van der Waals surface area contributed by atoms with Crippen molar-refractivity contribution in [3.8, 4) is 0 Å². The molecule has 0 spiro atoms. The second-order valence-electron chi connectivity index (χ2n) is 6.01. The standard InChI is InChI=1S/C15H24N4O/c1-2-15(20)7-11-19(12-15)13-6-8-16-14(17-13)18-9-4-3-5-10-18/h6,8,20H,2-5,7,9-12H2,1H3. The molecule has 0 aromatic carbocycles. The molecule has 3 rings (SSSR count). The average Bonchev–Trinajstić information content (AvgIpc) is 2.92. The molecule has 0 saturated carbocycles. The van der Waals surface area contributed by atoms with Gasteiger partial charge in [-0.2, -0.15) is 4.98 Å². The number of rotatable bonds is 3. The normalized spacial score (nSPS) is 27.1. The van der Waals surface area contributed by atoms with Gasteiger partial charge in [0.15, 0.2) is 0 Å². The lowest BCUT2D eigenvalue weighted by Crippen LogP contribution is -2.34. The number of aromatic nitrogens is 2. The first kappa shape index (κ1) is 13.6. The number of aliphatic hydroxyl groups is 1. The van der Waals surface area contributed by atoms with Crippen LogP contribution in [0.15, 0.2) is 12.3 Å². The summed E-state index contributed by atoms with van der Waals surface area (Å²) in [6.45, 7) is 5.72. The van der Waals surface area contributed by atoms with Crippen molar-refractivity contribution in [2.24, 2.45) is 0 Å². The summed E-state index contributed by atoms with van der Waals surface area (Å²) in [5.41, 5.74) is -0.545. The van der Waals surface area contributed by atoms with Crippen LogP contribution in [-0.2, 0) is 0 Å². The Morgan fingerprint density at radius 3 is 2.70 bits per heavy atom. The minimum Gasteiger partial charge on any atom is -0.388 e. The van der Waals surface area contributed by atoms with Gasteiger partial charge in [0.1, 0.15) is 5.82 Å². The number of hydrogen-bond donors (Lipinski definition) is 1. The van der Waals surface area contributed by atoms with Crippen LogP contribution in [0.2, 0.25) is 0 Å². The molecule has 20 heavy (non-hydrogen) atoms. The van der Waals surface area contributed by atoms with E-state index >= 15 is 0 Å². The van der Waals surface area contributed by atoms with Crippen LogP contribution in [0.1, 0.15) is 39.0 Å². The van der Waals surface area contributed by atoms with Crippen LogP contribution in [0.3, 0.4) is 0 Å². The highest BCUT2D eigenvalue weighted by Crippen LogP contribution is 2.28. The molecular formula is C15H24N4O. The van der Waals surface area contributed by atoms with Crippen LogP contribution < -0.4 is 9.80 Å². The van der Waals surface area contributed by atoms with Crippen LogP contribution in [0, 0.1) is 0 Å². The summed E-state index contributed by atoms with van der Waals surface area (Å²) < 4.78 is 0. The summed E-state index contributed by atoms with van der Waals surface area (Å²) in [6, 6.07) is 1.95.